The highest BCUT2D eigenvalue weighted by Crippen LogP contribution is 2.60. The average Bonchev–Trinajstić information content (AvgIpc) is 3.26. The van der Waals surface area contributed by atoms with Gasteiger partial charge >= 0.3 is 0 Å². The molecule has 0 spiro atoms. The molecule has 0 unspecified atom stereocenters. The smallest absolute Gasteiger partial charge is 0.239 e. The molecule has 1 atom stereocenters. The number of fused-ring (bicyclic) bond motifs is 1. The first-order valence-electron chi connectivity index (χ1n) is 12.6. The summed E-state index contributed by atoms with van der Waals surface area (Å²) in [7, 11) is 0. The lowest BCUT2D eigenvalue weighted by atomic mass is 9.49. The number of nitrogens with zero attached hydrogens (tertiary/aromatic N) is 1. The van der Waals surface area contributed by atoms with Crippen LogP contribution >= 0.6 is 0 Å². The molecule has 0 saturated heterocycles. The number of carbonyl (C=O) groups is 2. The maximum atomic E-state index is 13.3. The maximum absolute atomic E-state index is 13.3. The maximum Gasteiger partial charge on any atom is 0.239 e. The largest absolute Gasteiger partial charge is 0.347 e. The third-order valence-corrected chi connectivity index (χ3v) is 8.29. The minimum Gasteiger partial charge on any atom is -0.347 e. The van der Waals surface area contributed by atoms with Crippen LogP contribution in [0.2, 0.25) is 0 Å². The van der Waals surface area contributed by atoms with E-state index < -0.39 is 0 Å². The number of para-hydroxylation sites is 2. The third-order valence-electron chi connectivity index (χ3n) is 8.29. The van der Waals surface area contributed by atoms with Crippen LogP contribution in [-0.4, -0.2) is 28.3 Å². The predicted octanol–water partition coefficient (Wildman–Crippen LogP) is 4.30. The van der Waals surface area contributed by atoms with Gasteiger partial charge < -0.3 is 15.6 Å². The van der Waals surface area contributed by atoms with E-state index >= 15 is 0 Å². The third kappa shape index (κ3) is 4.10. The Labute approximate surface area is 199 Å². The van der Waals surface area contributed by atoms with E-state index in [0.29, 0.717) is 24.2 Å². The molecular weight excluding hydrogens is 424 g/mol. The van der Waals surface area contributed by atoms with Crippen LogP contribution in [0.1, 0.15) is 56.0 Å². The van der Waals surface area contributed by atoms with Crippen LogP contribution in [0.3, 0.4) is 0 Å². The molecule has 1 heterocycles. The zero-order chi connectivity index (χ0) is 23.1. The number of aromatic amines is 1. The van der Waals surface area contributed by atoms with Crippen LogP contribution in [0.4, 0.5) is 0 Å². The number of aromatic nitrogens is 2. The first kappa shape index (κ1) is 21.4. The summed E-state index contributed by atoms with van der Waals surface area (Å²) in [5.41, 5.74) is 2.70. The van der Waals surface area contributed by atoms with Crippen LogP contribution in [0.5, 0.6) is 0 Å². The van der Waals surface area contributed by atoms with Gasteiger partial charge in [0.2, 0.25) is 11.8 Å². The van der Waals surface area contributed by atoms with Crippen molar-refractivity contribution in [3.8, 4) is 0 Å². The van der Waals surface area contributed by atoms with Crippen molar-refractivity contribution in [3.05, 3.63) is 66.0 Å². The summed E-state index contributed by atoms with van der Waals surface area (Å²) in [6, 6.07) is 17.6. The number of amides is 2. The summed E-state index contributed by atoms with van der Waals surface area (Å²) in [5, 5.41) is 6.13. The molecular formula is C28H32N4O2. The van der Waals surface area contributed by atoms with Crippen molar-refractivity contribution in [2.24, 2.45) is 23.2 Å². The minimum absolute atomic E-state index is 0.00605. The Balaban J connectivity index is 1.14. The molecule has 4 fully saturated rings. The Kier molecular flexibility index (Phi) is 5.39. The highest BCUT2D eigenvalue weighted by Gasteiger charge is 2.54. The normalized spacial score (nSPS) is 28.1. The molecule has 1 aromatic heterocycles. The highest BCUT2D eigenvalue weighted by atomic mass is 16.2. The summed E-state index contributed by atoms with van der Waals surface area (Å²) in [5.74, 6) is 2.74. The number of hydrogen-bond acceptors (Lipinski definition) is 3. The van der Waals surface area contributed by atoms with Gasteiger partial charge in [-0.15, -0.1) is 0 Å². The van der Waals surface area contributed by atoms with Crippen molar-refractivity contribution in [2.45, 2.75) is 51.0 Å². The first-order valence-corrected chi connectivity index (χ1v) is 12.6. The van der Waals surface area contributed by atoms with Gasteiger partial charge in [-0.05, 0) is 80.4 Å². The Morgan fingerprint density at radius 2 is 1.59 bits per heavy atom. The second kappa shape index (κ2) is 8.57. The Morgan fingerprint density at radius 1 is 0.941 bits per heavy atom. The van der Waals surface area contributed by atoms with E-state index in [-0.39, 0.29) is 29.8 Å². The van der Waals surface area contributed by atoms with Crippen LogP contribution in [0.15, 0.2) is 54.6 Å². The van der Waals surface area contributed by atoms with Crippen LogP contribution < -0.4 is 10.6 Å². The van der Waals surface area contributed by atoms with E-state index in [1.807, 2.05) is 42.5 Å². The van der Waals surface area contributed by atoms with Gasteiger partial charge in [-0.3, -0.25) is 9.59 Å². The number of carbonyl (C=O) groups excluding carboxylic acids is 2. The molecule has 4 aliphatic rings. The van der Waals surface area contributed by atoms with Crippen molar-refractivity contribution < 1.29 is 9.59 Å². The SMILES string of the molecule is O=C(CNC(=O)C12CC3CC(CC(C3)C1)C2)N[C@H](Cc1ccccc1)c1nc2ccccc2[nH]1. The molecule has 2 aromatic carbocycles. The lowest BCUT2D eigenvalue weighted by Crippen LogP contribution is -2.54. The molecule has 176 valence electrons. The molecule has 3 N–H and O–H groups in total. The number of H-pyrrole nitrogens is 1. The molecule has 2 amide bonds. The van der Waals surface area contributed by atoms with Gasteiger partial charge in [-0.25, -0.2) is 4.98 Å². The molecule has 4 aliphatic carbocycles. The fourth-order valence-electron chi connectivity index (χ4n) is 7.19. The van der Waals surface area contributed by atoms with Crippen LogP contribution in [0.25, 0.3) is 11.0 Å². The fourth-order valence-corrected chi connectivity index (χ4v) is 7.19. The molecule has 34 heavy (non-hydrogen) atoms. The van der Waals surface area contributed by atoms with Crippen molar-refractivity contribution in [1.29, 1.82) is 0 Å². The molecule has 3 aromatic rings. The van der Waals surface area contributed by atoms with Gasteiger partial charge in [0, 0.05) is 5.41 Å². The molecule has 6 nitrogen and oxygen atoms in total. The second-order valence-corrected chi connectivity index (χ2v) is 10.8. The van der Waals surface area contributed by atoms with Crippen molar-refractivity contribution in [1.82, 2.24) is 20.6 Å². The lowest BCUT2D eigenvalue weighted by molar-refractivity contribution is -0.147. The molecule has 4 bridgehead atoms. The van der Waals surface area contributed by atoms with E-state index in [1.165, 1.54) is 19.3 Å². The fraction of sp³-hybridized carbons (Fsp3) is 0.464. The van der Waals surface area contributed by atoms with Crippen LogP contribution in [-0.2, 0) is 16.0 Å². The number of rotatable bonds is 7. The lowest BCUT2D eigenvalue weighted by Gasteiger charge is -2.55. The molecule has 7 rings (SSSR count). The monoisotopic (exact) mass is 456 g/mol. The Bertz CT molecular complexity index is 1130. The number of nitrogens with one attached hydrogen (secondary N) is 3. The Hall–Kier alpha value is -3.15. The number of benzene rings is 2. The van der Waals surface area contributed by atoms with E-state index in [0.717, 1.165) is 41.7 Å². The van der Waals surface area contributed by atoms with E-state index in [9.17, 15) is 9.59 Å². The van der Waals surface area contributed by atoms with Gasteiger partial charge in [0.1, 0.15) is 5.82 Å². The highest BCUT2D eigenvalue weighted by molar-refractivity contribution is 5.88. The topological polar surface area (TPSA) is 86.9 Å². The molecule has 4 saturated carbocycles. The molecule has 0 aliphatic heterocycles. The molecule has 0 radical (unpaired) electrons. The van der Waals surface area contributed by atoms with Gasteiger partial charge in [0.25, 0.3) is 0 Å². The number of hydrogen-bond donors (Lipinski definition) is 3. The van der Waals surface area contributed by atoms with Gasteiger partial charge in [0.05, 0.1) is 23.6 Å². The van der Waals surface area contributed by atoms with E-state index in [4.69, 9.17) is 4.98 Å². The Morgan fingerprint density at radius 3 is 2.26 bits per heavy atom. The summed E-state index contributed by atoms with van der Waals surface area (Å²) in [4.78, 5) is 34.3. The number of imidazole rings is 1. The van der Waals surface area contributed by atoms with Gasteiger partial charge in [-0.2, -0.15) is 0 Å². The van der Waals surface area contributed by atoms with Gasteiger partial charge in [0.15, 0.2) is 0 Å². The summed E-state index contributed by atoms with van der Waals surface area (Å²) >= 11 is 0. The standard InChI is InChI=1S/C28H32N4O2/c33-25(17-29-27(34)28-14-19-10-20(15-28)12-21(11-19)16-28)30-24(13-18-6-2-1-3-7-18)26-31-22-8-4-5-9-23(22)32-26/h1-9,19-21,24H,10-17H2,(H,29,34)(H,30,33)(H,31,32)/t19?,20?,21?,24-,28?/m1/s1. The van der Waals surface area contributed by atoms with Crippen molar-refractivity contribution in [3.63, 3.8) is 0 Å². The van der Waals surface area contributed by atoms with Crippen LogP contribution in [0, 0.1) is 23.2 Å². The summed E-state index contributed by atoms with van der Waals surface area (Å²) in [6.07, 6.45) is 7.52. The molecule has 6 heteroatoms. The predicted molar refractivity (Wildman–Crippen MR) is 131 cm³/mol. The summed E-state index contributed by atoms with van der Waals surface area (Å²) < 4.78 is 0. The van der Waals surface area contributed by atoms with Crippen molar-refractivity contribution in [2.75, 3.05) is 6.54 Å². The minimum atomic E-state index is -0.307. The van der Waals surface area contributed by atoms with E-state index in [1.54, 1.807) is 0 Å². The summed E-state index contributed by atoms with van der Waals surface area (Å²) in [6.45, 7) is 0.00605. The quantitative estimate of drug-likeness (QED) is 0.496. The second-order valence-electron chi connectivity index (χ2n) is 10.8. The first-order chi connectivity index (χ1) is 16.6. The van der Waals surface area contributed by atoms with E-state index in [2.05, 4.69) is 27.8 Å². The van der Waals surface area contributed by atoms with Gasteiger partial charge in [-0.1, -0.05) is 42.5 Å². The van der Waals surface area contributed by atoms with Crippen molar-refractivity contribution >= 4 is 22.8 Å². The zero-order valence-corrected chi connectivity index (χ0v) is 19.4. The average molecular weight is 457 g/mol. The zero-order valence-electron chi connectivity index (χ0n) is 19.4.